The van der Waals surface area contributed by atoms with Crippen molar-refractivity contribution >= 4 is 11.3 Å². The molecule has 15 heavy (non-hydrogen) atoms. The molecule has 0 bridgehead atoms. The van der Waals surface area contributed by atoms with E-state index in [-0.39, 0.29) is 12.0 Å². The summed E-state index contributed by atoms with van der Waals surface area (Å²) < 4.78 is 5.18. The van der Waals surface area contributed by atoms with Gasteiger partial charge in [-0.15, -0.1) is 0 Å². The van der Waals surface area contributed by atoms with Crippen molar-refractivity contribution in [1.29, 1.82) is 0 Å². The van der Waals surface area contributed by atoms with Crippen molar-refractivity contribution in [3.05, 3.63) is 22.7 Å². The SMILES string of the molecule is CC(N)C(C)c1nc(-c2ccsc2)no1. The van der Waals surface area contributed by atoms with E-state index in [1.807, 2.05) is 30.7 Å². The van der Waals surface area contributed by atoms with Gasteiger partial charge in [0.05, 0.1) is 5.92 Å². The Morgan fingerprint density at radius 3 is 2.87 bits per heavy atom. The van der Waals surface area contributed by atoms with Gasteiger partial charge in [0.2, 0.25) is 11.7 Å². The Hall–Kier alpha value is -1.20. The molecule has 0 aliphatic heterocycles. The van der Waals surface area contributed by atoms with Gasteiger partial charge in [0.25, 0.3) is 0 Å². The molecule has 80 valence electrons. The minimum Gasteiger partial charge on any atom is -0.339 e. The van der Waals surface area contributed by atoms with Crippen LogP contribution in [0.15, 0.2) is 21.3 Å². The summed E-state index contributed by atoms with van der Waals surface area (Å²) in [5.74, 6) is 1.33. The molecule has 5 heteroatoms. The van der Waals surface area contributed by atoms with Crippen molar-refractivity contribution in [2.45, 2.75) is 25.8 Å². The number of nitrogens with two attached hydrogens (primary N) is 1. The first kappa shape index (κ1) is 10.3. The van der Waals surface area contributed by atoms with E-state index in [1.54, 1.807) is 11.3 Å². The summed E-state index contributed by atoms with van der Waals surface area (Å²) in [4.78, 5) is 4.32. The Morgan fingerprint density at radius 1 is 1.47 bits per heavy atom. The second-order valence-electron chi connectivity index (χ2n) is 3.62. The minimum atomic E-state index is 0.0146. The average Bonchev–Trinajstić information content (AvgIpc) is 2.86. The van der Waals surface area contributed by atoms with Crippen LogP contribution in [0.5, 0.6) is 0 Å². The van der Waals surface area contributed by atoms with Crippen LogP contribution in [0.1, 0.15) is 25.7 Å². The van der Waals surface area contributed by atoms with Gasteiger partial charge in [-0.3, -0.25) is 0 Å². The molecule has 0 aliphatic rings. The third-order valence-electron chi connectivity index (χ3n) is 2.40. The van der Waals surface area contributed by atoms with Gasteiger partial charge in [0.15, 0.2) is 0 Å². The van der Waals surface area contributed by atoms with Gasteiger partial charge >= 0.3 is 0 Å². The van der Waals surface area contributed by atoms with Gasteiger partial charge in [-0.2, -0.15) is 16.3 Å². The van der Waals surface area contributed by atoms with Crippen LogP contribution >= 0.6 is 11.3 Å². The highest BCUT2D eigenvalue weighted by Crippen LogP contribution is 2.22. The predicted molar refractivity (Wildman–Crippen MR) is 59.7 cm³/mol. The standard InChI is InChI=1S/C10H13N3OS/c1-6(7(2)11)10-12-9(13-14-10)8-3-4-15-5-8/h3-7H,11H2,1-2H3. The molecule has 2 unspecified atom stereocenters. The van der Waals surface area contributed by atoms with Gasteiger partial charge in [-0.1, -0.05) is 12.1 Å². The molecule has 0 saturated heterocycles. The van der Waals surface area contributed by atoms with Crippen molar-refractivity contribution in [2.24, 2.45) is 5.73 Å². The van der Waals surface area contributed by atoms with Crippen molar-refractivity contribution in [2.75, 3.05) is 0 Å². The van der Waals surface area contributed by atoms with Gasteiger partial charge in [0.1, 0.15) is 0 Å². The first-order valence-corrected chi connectivity index (χ1v) is 5.74. The Balaban J connectivity index is 2.25. The van der Waals surface area contributed by atoms with E-state index < -0.39 is 0 Å². The van der Waals surface area contributed by atoms with Crippen LogP contribution in [0.3, 0.4) is 0 Å². The van der Waals surface area contributed by atoms with Gasteiger partial charge < -0.3 is 10.3 Å². The summed E-state index contributed by atoms with van der Waals surface area (Å²) in [6, 6.07) is 1.98. The monoisotopic (exact) mass is 223 g/mol. The maximum absolute atomic E-state index is 5.77. The molecule has 2 N–H and O–H groups in total. The number of rotatable bonds is 3. The highest BCUT2D eigenvalue weighted by atomic mass is 32.1. The van der Waals surface area contributed by atoms with Crippen LogP contribution in [0.2, 0.25) is 0 Å². The highest BCUT2D eigenvalue weighted by Gasteiger charge is 2.18. The molecule has 2 aromatic heterocycles. The largest absolute Gasteiger partial charge is 0.339 e. The van der Waals surface area contributed by atoms with Crippen LogP contribution in [-0.2, 0) is 0 Å². The summed E-state index contributed by atoms with van der Waals surface area (Å²) >= 11 is 1.61. The third-order valence-corrected chi connectivity index (χ3v) is 3.08. The number of thiophene rings is 1. The van der Waals surface area contributed by atoms with Crippen LogP contribution < -0.4 is 5.73 Å². The number of nitrogens with zero attached hydrogens (tertiary/aromatic N) is 2. The predicted octanol–water partition coefficient (Wildman–Crippen LogP) is 2.25. The fraction of sp³-hybridized carbons (Fsp3) is 0.400. The fourth-order valence-electron chi connectivity index (χ4n) is 1.15. The molecule has 0 aliphatic carbocycles. The lowest BCUT2D eigenvalue weighted by Gasteiger charge is -2.09. The minimum absolute atomic E-state index is 0.0146. The molecule has 0 amide bonds. The Bertz CT molecular complexity index is 422. The average molecular weight is 223 g/mol. The lowest BCUT2D eigenvalue weighted by atomic mass is 10.1. The zero-order valence-corrected chi connectivity index (χ0v) is 9.49. The molecule has 2 heterocycles. The smallest absolute Gasteiger partial charge is 0.231 e. The molecule has 0 saturated carbocycles. The van der Waals surface area contributed by atoms with Crippen LogP contribution in [-0.4, -0.2) is 16.2 Å². The van der Waals surface area contributed by atoms with Crippen molar-refractivity contribution in [3.8, 4) is 11.4 Å². The zero-order valence-electron chi connectivity index (χ0n) is 8.68. The van der Waals surface area contributed by atoms with E-state index in [4.69, 9.17) is 10.3 Å². The summed E-state index contributed by atoms with van der Waals surface area (Å²) in [6.07, 6.45) is 0. The molecular formula is C10H13N3OS. The topological polar surface area (TPSA) is 64.9 Å². The van der Waals surface area contributed by atoms with Crippen LogP contribution in [0.25, 0.3) is 11.4 Å². The summed E-state index contributed by atoms with van der Waals surface area (Å²) in [5.41, 5.74) is 6.76. The normalized spacial score (nSPS) is 15.1. The lowest BCUT2D eigenvalue weighted by Crippen LogP contribution is -2.22. The Labute approximate surface area is 92.1 Å². The van der Waals surface area contributed by atoms with E-state index >= 15 is 0 Å². The zero-order chi connectivity index (χ0) is 10.8. The molecule has 2 rings (SSSR count). The van der Waals surface area contributed by atoms with Crippen LogP contribution in [0.4, 0.5) is 0 Å². The van der Waals surface area contributed by atoms with Crippen LogP contribution in [0, 0.1) is 0 Å². The number of aromatic nitrogens is 2. The van der Waals surface area contributed by atoms with Crippen molar-refractivity contribution in [3.63, 3.8) is 0 Å². The van der Waals surface area contributed by atoms with Gasteiger partial charge in [-0.05, 0) is 18.4 Å². The molecule has 0 fully saturated rings. The Kier molecular flexibility index (Phi) is 2.83. The molecule has 4 nitrogen and oxygen atoms in total. The number of hydrogen-bond acceptors (Lipinski definition) is 5. The third kappa shape index (κ3) is 2.08. The highest BCUT2D eigenvalue weighted by molar-refractivity contribution is 7.08. The number of hydrogen-bond donors (Lipinski definition) is 1. The van der Waals surface area contributed by atoms with E-state index in [0.29, 0.717) is 11.7 Å². The van der Waals surface area contributed by atoms with Gasteiger partial charge in [0, 0.05) is 17.0 Å². The molecule has 0 aromatic carbocycles. The molecular weight excluding hydrogens is 210 g/mol. The molecule has 0 spiro atoms. The maximum Gasteiger partial charge on any atom is 0.231 e. The summed E-state index contributed by atoms with van der Waals surface area (Å²) in [7, 11) is 0. The first-order chi connectivity index (χ1) is 7.18. The van der Waals surface area contributed by atoms with E-state index in [1.165, 1.54) is 0 Å². The maximum atomic E-state index is 5.77. The first-order valence-electron chi connectivity index (χ1n) is 4.80. The molecule has 2 atom stereocenters. The van der Waals surface area contributed by atoms with Gasteiger partial charge in [-0.25, -0.2) is 0 Å². The van der Waals surface area contributed by atoms with Crippen molar-refractivity contribution in [1.82, 2.24) is 10.1 Å². The lowest BCUT2D eigenvalue weighted by molar-refractivity contribution is 0.347. The van der Waals surface area contributed by atoms with E-state index in [0.717, 1.165) is 5.56 Å². The Morgan fingerprint density at radius 2 is 2.27 bits per heavy atom. The second kappa shape index (κ2) is 4.12. The van der Waals surface area contributed by atoms with Crippen molar-refractivity contribution < 1.29 is 4.52 Å². The molecule has 0 radical (unpaired) electrons. The summed E-state index contributed by atoms with van der Waals surface area (Å²) in [5, 5.41) is 7.90. The fourth-order valence-corrected chi connectivity index (χ4v) is 1.79. The quantitative estimate of drug-likeness (QED) is 0.866. The summed E-state index contributed by atoms with van der Waals surface area (Å²) in [6.45, 7) is 3.91. The van der Waals surface area contributed by atoms with E-state index in [2.05, 4.69) is 10.1 Å². The molecule has 2 aromatic rings. The van der Waals surface area contributed by atoms with E-state index in [9.17, 15) is 0 Å². The second-order valence-corrected chi connectivity index (χ2v) is 4.40.